The minimum atomic E-state index is -0.436. The Balaban J connectivity index is 1.95. The van der Waals surface area contributed by atoms with Crippen molar-refractivity contribution in [3.05, 3.63) is 29.3 Å². The predicted molar refractivity (Wildman–Crippen MR) is 82.7 cm³/mol. The summed E-state index contributed by atoms with van der Waals surface area (Å²) < 4.78 is 33.2. The standard InChI is InChI=1S/C16H23F2NOS/c1-20-8-7-19-11-12-9-14(17)16(15(18)10-12)21-13-5-3-2-4-6-13/h9-10,13,19H,2-8,11H2,1H3. The Kier molecular flexibility index (Phi) is 6.93. The van der Waals surface area contributed by atoms with Gasteiger partial charge in [0.15, 0.2) is 0 Å². The monoisotopic (exact) mass is 315 g/mol. The van der Waals surface area contributed by atoms with E-state index in [1.807, 2.05) is 0 Å². The Bertz CT molecular complexity index is 427. The largest absolute Gasteiger partial charge is 0.383 e. The van der Waals surface area contributed by atoms with Crippen LogP contribution < -0.4 is 5.32 Å². The van der Waals surface area contributed by atoms with Gasteiger partial charge in [-0.3, -0.25) is 0 Å². The van der Waals surface area contributed by atoms with Gasteiger partial charge in [-0.15, -0.1) is 11.8 Å². The summed E-state index contributed by atoms with van der Waals surface area (Å²) in [7, 11) is 1.62. The van der Waals surface area contributed by atoms with Crippen LogP contribution in [0.25, 0.3) is 0 Å². The van der Waals surface area contributed by atoms with Crippen LogP contribution in [0.15, 0.2) is 17.0 Å². The quantitative estimate of drug-likeness (QED) is 0.765. The van der Waals surface area contributed by atoms with Gasteiger partial charge >= 0.3 is 0 Å². The molecule has 0 bridgehead atoms. The van der Waals surface area contributed by atoms with Crippen molar-refractivity contribution in [3.8, 4) is 0 Å². The molecule has 1 aromatic carbocycles. The van der Waals surface area contributed by atoms with Crippen LogP contribution in [0.5, 0.6) is 0 Å². The third-order valence-corrected chi connectivity index (χ3v) is 5.14. The van der Waals surface area contributed by atoms with E-state index in [1.165, 1.54) is 43.2 Å². The molecule has 1 N–H and O–H groups in total. The summed E-state index contributed by atoms with van der Waals surface area (Å²) in [4.78, 5) is 0.183. The Labute approximate surface area is 129 Å². The van der Waals surface area contributed by atoms with Gasteiger partial charge in [0.2, 0.25) is 0 Å². The van der Waals surface area contributed by atoms with Crippen LogP contribution >= 0.6 is 11.8 Å². The zero-order valence-electron chi connectivity index (χ0n) is 12.5. The molecule has 0 atom stereocenters. The minimum absolute atomic E-state index is 0.183. The lowest BCUT2D eigenvalue weighted by molar-refractivity contribution is 0.199. The third-order valence-electron chi connectivity index (χ3n) is 3.71. The highest BCUT2D eigenvalue weighted by Crippen LogP contribution is 2.36. The molecule has 1 aliphatic rings. The normalized spacial score (nSPS) is 16.3. The average Bonchev–Trinajstić information content (AvgIpc) is 2.48. The van der Waals surface area contributed by atoms with E-state index in [-0.39, 0.29) is 4.90 Å². The van der Waals surface area contributed by atoms with Gasteiger partial charge < -0.3 is 10.1 Å². The number of thioether (sulfide) groups is 1. The van der Waals surface area contributed by atoms with E-state index in [4.69, 9.17) is 4.74 Å². The topological polar surface area (TPSA) is 21.3 Å². The SMILES string of the molecule is COCCNCc1cc(F)c(SC2CCCCC2)c(F)c1. The van der Waals surface area contributed by atoms with Crippen molar-refractivity contribution in [2.45, 2.75) is 48.8 Å². The van der Waals surface area contributed by atoms with Gasteiger partial charge in [0.1, 0.15) is 11.6 Å². The first-order chi connectivity index (χ1) is 10.2. The molecule has 2 nitrogen and oxygen atoms in total. The highest BCUT2D eigenvalue weighted by atomic mass is 32.2. The van der Waals surface area contributed by atoms with Crippen LogP contribution in [0.1, 0.15) is 37.7 Å². The van der Waals surface area contributed by atoms with Crippen molar-refractivity contribution < 1.29 is 13.5 Å². The molecule has 0 radical (unpaired) electrons. The van der Waals surface area contributed by atoms with Crippen molar-refractivity contribution in [3.63, 3.8) is 0 Å². The number of hydrogen-bond acceptors (Lipinski definition) is 3. The smallest absolute Gasteiger partial charge is 0.140 e. The summed E-state index contributed by atoms with van der Waals surface area (Å²) in [6.07, 6.45) is 5.70. The first-order valence-corrected chi connectivity index (χ1v) is 8.43. The molecule has 1 aliphatic carbocycles. The van der Waals surface area contributed by atoms with Crippen molar-refractivity contribution in [2.75, 3.05) is 20.3 Å². The molecule has 0 saturated heterocycles. The predicted octanol–water partition coefficient (Wildman–Crippen LogP) is 4.13. The van der Waals surface area contributed by atoms with Gasteiger partial charge in [0.25, 0.3) is 0 Å². The van der Waals surface area contributed by atoms with Crippen molar-refractivity contribution >= 4 is 11.8 Å². The molecular formula is C16H23F2NOS. The summed E-state index contributed by atoms with van der Waals surface area (Å²) >= 11 is 1.37. The lowest BCUT2D eigenvalue weighted by Gasteiger charge is -2.21. The van der Waals surface area contributed by atoms with E-state index < -0.39 is 11.6 Å². The van der Waals surface area contributed by atoms with Crippen LogP contribution in [0, 0.1) is 11.6 Å². The second-order valence-corrected chi connectivity index (χ2v) is 6.75. The third kappa shape index (κ3) is 5.24. The Hall–Kier alpha value is -0.650. The fraction of sp³-hybridized carbons (Fsp3) is 0.625. The molecule has 0 aromatic heterocycles. The maximum Gasteiger partial charge on any atom is 0.140 e. The summed E-state index contributed by atoms with van der Waals surface area (Å²) in [6, 6.07) is 2.88. The Morgan fingerprint density at radius 1 is 1.19 bits per heavy atom. The Morgan fingerprint density at radius 2 is 1.86 bits per heavy atom. The summed E-state index contributed by atoms with van der Waals surface area (Å²) in [6.45, 7) is 1.70. The second kappa shape index (κ2) is 8.71. The molecule has 0 unspecified atom stereocenters. The van der Waals surface area contributed by atoms with Gasteiger partial charge in [-0.25, -0.2) is 8.78 Å². The molecule has 1 fully saturated rings. The zero-order valence-corrected chi connectivity index (χ0v) is 13.3. The number of hydrogen-bond donors (Lipinski definition) is 1. The molecule has 5 heteroatoms. The number of ether oxygens (including phenoxy) is 1. The number of halogens is 2. The molecule has 21 heavy (non-hydrogen) atoms. The van der Waals surface area contributed by atoms with Crippen LogP contribution in [0.3, 0.4) is 0 Å². The fourth-order valence-corrected chi connectivity index (χ4v) is 3.83. The molecule has 0 aliphatic heterocycles. The molecule has 0 heterocycles. The number of benzene rings is 1. The van der Waals surface area contributed by atoms with E-state index in [2.05, 4.69) is 5.32 Å². The van der Waals surface area contributed by atoms with E-state index in [1.54, 1.807) is 7.11 Å². The summed E-state index contributed by atoms with van der Waals surface area (Å²) in [5, 5.41) is 3.45. The molecule has 0 spiro atoms. The Morgan fingerprint density at radius 3 is 2.48 bits per heavy atom. The maximum atomic E-state index is 14.1. The van der Waals surface area contributed by atoms with Crippen LogP contribution in [0.2, 0.25) is 0 Å². The molecule has 1 saturated carbocycles. The van der Waals surface area contributed by atoms with E-state index >= 15 is 0 Å². The molecule has 2 rings (SSSR count). The lowest BCUT2D eigenvalue weighted by Crippen LogP contribution is -2.18. The van der Waals surface area contributed by atoms with E-state index in [9.17, 15) is 8.78 Å². The van der Waals surface area contributed by atoms with Gasteiger partial charge in [-0.1, -0.05) is 19.3 Å². The van der Waals surface area contributed by atoms with E-state index in [0.717, 1.165) is 12.8 Å². The van der Waals surface area contributed by atoms with Gasteiger partial charge in [0, 0.05) is 25.4 Å². The lowest BCUT2D eigenvalue weighted by atomic mass is 10.0. The molecule has 1 aromatic rings. The number of nitrogens with one attached hydrogen (secondary N) is 1. The van der Waals surface area contributed by atoms with Crippen LogP contribution in [-0.2, 0) is 11.3 Å². The molecule has 0 amide bonds. The summed E-state index contributed by atoms with van der Waals surface area (Å²) in [5.41, 5.74) is 0.633. The van der Waals surface area contributed by atoms with Crippen molar-refractivity contribution in [1.29, 1.82) is 0 Å². The average molecular weight is 315 g/mol. The fourth-order valence-electron chi connectivity index (χ4n) is 2.58. The second-order valence-electron chi connectivity index (χ2n) is 5.44. The van der Waals surface area contributed by atoms with Crippen molar-refractivity contribution in [1.82, 2.24) is 5.32 Å². The maximum absolute atomic E-state index is 14.1. The number of methoxy groups -OCH3 is 1. The van der Waals surface area contributed by atoms with Gasteiger partial charge in [-0.05, 0) is 30.5 Å². The van der Waals surface area contributed by atoms with Crippen LogP contribution in [-0.4, -0.2) is 25.5 Å². The first kappa shape index (κ1) is 16.7. The molecular weight excluding hydrogens is 292 g/mol. The van der Waals surface area contributed by atoms with Gasteiger partial charge in [-0.2, -0.15) is 0 Å². The van der Waals surface area contributed by atoms with Crippen molar-refractivity contribution in [2.24, 2.45) is 0 Å². The first-order valence-electron chi connectivity index (χ1n) is 7.55. The van der Waals surface area contributed by atoms with E-state index in [0.29, 0.717) is 30.5 Å². The zero-order chi connectivity index (χ0) is 15.1. The highest BCUT2D eigenvalue weighted by Gasteiger charge is 2.19. The molecule has 118 valence electrons. The summed E-state index contributed by atoms with van der Waals surface area (Å²) in [5.74, 6) is -0.872. The number of rotatable bonds is 7. The van der Waals surface area contributed by atoms with Crippen LogP contribution in [0.4, 0.5) is 8.78 Å². The van der Waals surface area contributed by atoms with Gasteiger partial charge in [0.05, 0.1) is 11.5 Å². The minimum Gasteiger partial charge on any atom is -0.383 e. The highest BCUT2D eigenvalue weighted by molar-refractivity contribution is 8.00.